The number of hydrogen-bond acceptors (Lipinski definition) is 1. The molecule has 1 heterocycles. The normalized spacial score (nSPS) is 29.8. The molecule has 1 nitrogen and oxygen atoms in total. The minimum Gasteiger partial charge on any atom is -0.316 e. The monoisotopic (exact) mass is 263 g/mol. The van der Waals surface area contributed by atoms with Crippen LogP contribution >= 0.6 is 12.4 Å². The Balaban J connectivity index is 0.00000120. The third kappa shape index (κ3) is 2.00. The molecule has 0 aromatic heterocycles. The minimum absolute atomic E-state index is 0. The van der Waals surface area contributed by atoms with Crippen LogP contribution in [0.5, 0.6) is 0 Å². The quantitative estimate of drug-likeness (QED) is 0.813. The van der Waals surface area contributed by atoms with Crippen LogP contribution < -0.4 is 5.32 Å². The highest BCUT2D eigenvalue weighted by atomic mass is 35.5. The van der Waals surface area contributed by atoms with Crippen LogP contribution in [0.3, 0.4) is 0 Å². The number of hydrogen-bond donors (Lipinski definition) is 1. The number of halogens is 1. The van der Waals surface area contributed by atoms with Crippen molar-refractivity contribution in [2.45, 2.75) is 32.6 Å². The lowest BCUT2D eigenvalue weighted by atomic mass is 9.66. The van der Waals surface area contributed by atoms with Crippen LogP contribution in [0.4, 0.5) is 0 Å². The van der Waals surface area contributed by atoms with Crippen molar-refractivity contribution < 1.29 is 0 Å². The van der Waals surface area contributed by atoms with E-state index in [2.05, 4.69) is 49.5 Å². The highest BCUT2D eigenvalue weighted by Gasteiger charge is 2.43. The largest absolute Gasteiger partial charge is 0.316 e. The Hall–Kier alpha value is -0.790. The van der Waals surface area contributed by atoms with Gasteiger partial charge in [-0.05, 0) is 41.9 Å². The van der Waals surface area contributed by atoms with Crippen LogP contribution in [-0.4, -0.2) is 13.1 Å². The number of allylic oxidation sites excluding steroid dienone is 1. The third-order valence-electron chi connectivity index (χ3n) is 4.63. The van der Waals surface area contributed by atoms with Crippen LogP contribution in [0.2, 0.25) is 0 Å². The van der Waals surface area contributed by atoms with E-state index >= 15 is 0 Å². The molecule has 1 fully saturated rings. The molecule has 2 aliphatic rings. The van der Waals surface area contributed by atoms with E-state index in [0.29, 0.717) is 5.41 Å². The minimum atomic E-state index is 0. The van der Waals surface area contributed by atoms with Gasteiger partial charge in [0.25, 0.3) is 0 Å². The third-order valence-corrected chi connectivity index (χ3v) is 4.63. The lowest BCUT2D eigenvalue weighted by molar-refractivity contribution is 0.277. The Morgan fingerprint density at radius 2 is 2.22 bits per heavy atom. The molecule has 0 saturated carbocycles. The molecule has 0 spiro atoms. The zero-order valence-electron chi connectivity index (χ0n) is 11.2. The molecule has 0 bridgehead atoms. The Morgan fingerprint density at radius 3 is 3.00 bits per heavy atom. The Bertz CT molecular complexity index is 466. The maximum atomic E-state index is 3.58. The van der Waals surface area contributed by atoms with E-state index in [9.17, 15) is 0 Å². The van der Waals surface area contributed by atoms with Crippen molar-refractivity contribution in [3.05, 3.63) is 41.0 Å². The maximum Gasteiger partial charge on any atom is 0.00324 e. The molecule has 1 aromatic rings. The van der Waals surface area contributed by atoms with E-state index < -0.39 is 0 Å². The maximum absolute atomic E-state index is 3.58. The van der Waals surface area contributed by atoms with Crippen molar-refractivity contribution in [1.29, 1.82) is 0 Å². The fourth-order valence-corrected chi connectivity index (χ4v) is 3.60. The summed E-state index contributed by atoms with van der Waals surface area (Å²) in [6, 6.07) is 6.82. The molecule has 1 aromatic carbocycles. The summed E-state index contributed by atoms with van der Waals surface area (Å²) in [7, 11) is 0. The van der Waals surface area contributed by atoms with Crippen LogP contribution in [0.15, 0.2) is 24.3 Å². The first kappa shape index (κ1) is 13.6. The molecule has 1 N–H and O–H groups in total. The first-order valence-corrected chi connectivity index (χ1v) is 6.70. The van der Waals surface area contributed by atoms with E-state index in [1.807, 2.05) is 0 Å². The van der Waals surface area contributed by atoms with Crippen LogP contribution in [0, 0.1) is 5.41 Å². The van der Waals surface area contributed by atoms with Gasteiger partial charge in [-0.3, -0.25) is 0 Å². The van der Waals surface area contributed by atoms with E-state index in [1.54, 1.807) is 11.1 Å². The van der Waals surface area contributed by atoms with E-state index in [1.165, 1.54) is 24.9 Å². The fourth-order valence-electron chi connectivity index (χ4n) is 3.60. The van der Waals surface area contributed by atoms with Crippen LogP contribution in [0.1, 0.15) is 42.9 Å². The summed E-state index contributed by atoms with van der Waals surface area (Å²) >= 11 is 0. The summed E-state index contributed by atoms with van der Waals surface area (Å²) in [6.45, 7) is 6.89. The van der Waals surface area contributed by atoms with Gasteiger partial charge in [0, 0.05) is 19.0 Å². The van der Waals surface area contributed by atoms with Gasteiger partial charge in [0.05, 0.1) is 0 Å². The number of benzene rings is 1. The van der Waals surface area contributed by atoms with E-state index in [-0.39, 0.29) is 12.4 Å². The molecular formula is C16H22ClN. The van der Waals surface area contributed by atoms with Crippen molar-refractivity contribution in [2.24, 2.45) is 5.41 Å². The van der Waals surface area contributed by atoms with Crippen molar-refractivity contribution in [3.8, 4) is 0 Å². The molecule has 0 amide bonds. The van der Waals surface area contributed by atoms with Crippen LogP contribution in [0.25, 0.3) is 6.08 Å². The first-order valence-electron chi connectivity index (χ1n) is 6.70. The van der Waals surface area contributed by atoms with Gasteiger partial charge in [0.1, 0.15) is 0 Å². The molecule has 3 rings (SSSR count). The first-order chi connectivity index (χ1) is 8.24. The molecule has 1 aliphatic carbocycles. The van der Waals surface area contributed by atoms with Gasteiger partial charge in [-0.2, -0.15) is 0 Å². The van der Waals surface area contributed by atoms with Gasteiger partial charge < -0.3 is 5.32 Å². The molecule has 18 heavy (non-hydrogen) atoms. The molecule has 2 heteroatoms. The highest BCUT2D eigenvalue weighted by molar-refractivity contribution is 5.85. The van der Waals surface area contributed by atoms with Gasteiger partial charge in [0.15, 0.2) is 0 Å². The van der Waals surface area contributed by atoms with Gasteiger partial charge in [-0.25, -0.2) is 0 Å². The average molecular weight is 264 g/mol. The number of nitrogens with one attached hydrogen (secondary N) is 1. The number of fused-ring (bicyclic) bond motifs is 3. The SMILES string of the molecule is CC=Cc1cccc2c1CC[C@@]1(C)CNC[C@@H]21.Cl. The predicted octanol–water partition coefficient (Wildman–Crippen LogP) is 3.78. The van der Waals surface area contributed by atoms with Crippen molar-refractivity contribution >= 4 is 18.5 Å². The molecular weight excluding hydrogens is 242 g/mol. The fraction of sp³-hybridized carbons (Fsp3) is 0.500. The Morgan fingerprint density at radius 1 is 1.39 bits per heavy atom. The summed E-state index contributed by atoms with van der Waals surface area (Å²) in [5, 5.41) is 3.58. The van der Waals surface area contributed by atoms with Crippen molar-refractivity contribution in [2.75, 3.05) is 13.1 Å². The van der Waals surface area contributed by atoms with E-state index in [0.717, 1.165) is 12.5 Å². The molecule has 0 unspecified atom stereocenters. The molecule has 2 atom stereocenters. The van der Waals surface area contributed by atoms with Crippen LogP contribution in [-0.2, 0) is 6.42 Å². The summed E-state index contributed by atoms with van der Waals surface area (Å²) in [5.41, 5.74) is 5.11. The molecule has 98 valence electrons. The molecule has 0 radical (unpaired) electrons. The van der Waals surface area contributed by atoms with Gasteiger partial charge in [0.2, 0.25) is 0 Å². The zero-order chi connectivity index (χ0) is 11.9. The second-order valence-electron chi connectivity index (χ2n) is 5.75. The highest BCUT2D eigenvalue weighted by Crippen LogP contribution is 2.48. The smallest absolute Gasteiger partial charge is 0.00324 e. The predicted molar refractivity (Wildman–Crippen MR) is 80.4 cm³/mol. The standard InChI is InChI=1S/C16H21N.ClH/c1-3-5-12-6-4-7-14-13(12)8-9-16(2)11-17-10-15(14)16;/h3-7,15,17H,8-11H2,1-2H3;1H/t15-,16-;/m0./s1. The zero-order valence-corrected chi connectivity index (χ0v) is 12.0. The Labute approximate surface area is 116 Å². The lowest BCUT2D eigenvalue weighted by Gasteiger charge is -2.37. The Kier molecular flexibility index (Phi) is 3.84. The summed E-state index contributed by atoms with van der Waals surface area (Å²) in [5.74, 6) is 0.719. The second-order valence-corrected chi connectivity index (χ2v) is 5.75. The summed E-state index contributed by atoms with van der Waals surface area (Å²) in [6.07, 6.45) is 6.97. The van der Waals surface area contributed by atoms with Crippen molar-refractivity contribution in [3.63, 3.8) is 0 Å². The molecule has 1 aliphatic heterocycles. The number of rotatable bonds is 1. The van der Waals surface area contributed by atoms with Gasteiger partial charge in [-0.1, -0.05) is 37.3 Å². The van der Waals surface area contributed by atoms with Crippen molar-refractivity contribution in [1.82, 2.24) is 5.32 Å². The van der Waals surface area contributed by atoms with Gasteiger partial charge >= 0.3 is 0 Å². The average Bonchev–Trinajstić information content (AvgIpc) is 2.72. The van der Waals surface area contributed by atoms with E-state index in [4.69, 9.17) is 0 Å². The topological polar surface area (TPSA) is 12.0 Å². The molecule has 1 saturated heterocycles. The lowest BCUT2D eigenvalue weighted by Crippen LogP contribution is -2.30. The summed E-state index contributed by atoms with van der Waals surface area (Å²) in [4.78, 5) is 0. The summed E-state index contributed by atoms with van der Waals surface area (Å²) < 4.78 is 0. The second kappa shape index (κ2) is 5.07. The van der Waals surface area contributed by atoms with Gasteiger partial charge in [-0.15, -0.1) is 12.4 Å².